The average molecular weight is 412 g/mol. The van der Waals surface area contributed by atoms with Crippen LogP contribution in [0.3, 0.4) is 0 Å². The number of rotatable bonds is 4. The van der Waals surface area contributed by atoms with E-state index in [1.54, 1.807) is 6.92 Å². The molecule has 0 amide bonds. The molecule has 1 aromatic heterocycles. The van der Waals surface area contributed by atoms with Crippen LogP contribution in [0.5, 0.6) is 0 Å². The minimum absolute atomic E-state index is 0.285. The van der Waals surface area contributed by atoms with Crippen LogP contribution in [0.1, 0.15) is 49.3 Å². The SMILES string of the molecule is CCOC(=O)c1nc(Br)c(C)nc1N1CCC2(CC1)COCC2CC. The van der Waals surface area contributed by atoms with Gasteiger partial charge in [0.15, 0.2) is 11.5 Å². The summed E-state index contributed by atoms with van der Waals surface area (Å²) in [6.45, 7) is 9.71. The minimum Gasteiger partial charge on any atom is -0.461 e. The standard InChI is InChI=1S/C18H26BrN3O3/c1-4-13-10-24-11-18(13)6-8-22(9-7-18)16-14(17(23)25-5-2)21-15(19)12(3)20-16/h13H,4-11H2,1-3H3. The van der Waals surface area contributed by atoms with Gasteiger partial charge in [0.05, 0.1) is 25.5 Å². The van der Waals surface area contributed by atoms with Crippen molar-refractivity contribution in [3.8, 4) is 0 Å². The van der Waals surface area contributed by atoms with Crippen molar-refractivity contribution >= 4 is 27.7 Å². The number of hydrogen-bond donors (Lipinski definition) is 0. The van der Waals surface area contributed by atoms with Gasteiger partial charge < -0.3 is 14.4 Å². The summed E-state index contributed by atoms with van der Waals surface area (Å²) < 4.78 is 11.5. The number of aryl methyl sites for hydroxylation is 1. The van der Waals surface area contributed by atoms with E-state index in [2.05, 4.69) is 37.7 Å². The Labute approximate surface area is 157 Å². The number of aromatic nitrogens is 2. The van der Waals surface area contributed by atoms with Gasteiger partial charge in [0.2, 0.25) is 0 Å². The molecule has 1 atom stereocenters. The third kappa shape index (κ3) is 3.53. The van der Waals surface area contributed by atoms with Crippen LogP contribution in [0.2, 0.25) is 0 Å². The first-order chi connectivity index (χ1) is 12.0. The predicted octanol–water partition coefficient (Wildman–Crippen LogP) is 3.37. The molecule has 3 heterocycles. The molecule has 7 heteroatoms. The Morgan fingerprint density at radius 3 is 2.72 bits per heavy atom. The molecule has 2 aliphatic rings. The quantitative estimate of drug-likeness (QED) is 0.707. The van der Waals surface area contributed by atoms with Gasteiger partial charge in [0, 0.05) is 18.5 Å². The number of anilines is 1. The second kappa shape index (κ2) is 7.58. The predicted molar refractivity (Wildman–Crippen MR) is 98.9 cm³/mol. The number of carbonyl (C=O) groups excluding carboxylic acids is 1. The highest BCUT2D eigenvalue weighted by molar-refractivity contribution is 9.10. The zero-order valence-corrected chi connectivity index (χ0v) is 16.8. The second-order valence-corrected chi connectivity index (χ2v) is 7.71. The zero-order chi connectivity index (χ0) is 18.0. The van der Waals surface area contributed by atoms with Crippen molar-refractivity contribution in [2.45, 2.75) is 40.0 Å². The fourth-order valence-corrected chi connectivity index (χ4v) is 4.28. The van der Waals surface area contributed by atoms with Crippen molar-refractivity contribution in [2.24, 2.45) is 11.3 Å². The van der Waals surface area contributed by atoms with Gasteiger partial charge in [-0.15, -0.1) is 0 Å². The van der Waals surface area contributed by atoms with Crippen LogP contribution < -0.4 is 4.90 Å². The van der Waals surface area contributed by atoms with E-state index < -0.39 is 5.97 Å². The Balaban J connectivity index is 1.83. The number of piperidine rings is 1. The highest BCUT2D eigenvalue weighted by Gasteiger charge is 2.45. The van der Waals surface area contributed by atoms with Crippen molar-refractivity contribution < 1.29 is 14.3 Å². The maximum Gasteiger partial charge on any atom is 0.360 e. The number of carbonyl (C=O) groups is 1. The molecule has 0 bridgehead atoms. The monoisotopic (exact) mass is 411 g/mol. The lowest BCUT2D eigenvalue weighted by atomic mass is 9.70. The van der Waals surface area contributed by atoms with Gasteiger partial charge >= 0.3 is 5.97 Å². The lowest BCUT2D eigenvalue weighted by molar-refractivity contribution is 0.0519. The summed E-state index contributed by atoms with van der Waals surface area (Å²) >= 11 is 3.37. The number of hydrogen-bond acceptors (Lipinski definition) is 6. The largest absolute Gasteiger partial charge is 0.461 e. The van der Waals surface area contributed by atoms with Gasteiger partial charge in [-0.05, 0) is 48.5 Å². The van der Waals surface area contributed by atoms with Crippen LogP contribution in [0.4, 0.5) is 5.82 Å². The smallest absolute Gasteiger partial charge is 0.360 e. The fraction of sp³-hybridized carbons (Fsp3) is 0.722. The molecule has 1 unspecified atom stereocenters. The molecular weight excluding hydrogens is 386 g/mol. The lowest BCUT2D eigenvalue weighted by Gasteiger charge is -2.42. The molecule has 6 nitrogen and oxygen atoms in total. The Morgan fingerprint density at radius 2 is 2.08 bits per heavy atom. The van der Waals surface area contributed by atoms with E-state index in [1.807, 2.05) is 6.92 Å². The highest BCUT2D eigenvalue weighted by Crippen LogP contribution is 2.45. The molecule has 2 fully saturated rings. The zero-order valence-electron chi connectivity index (χ0n) is 15.2. The Morgan fingerprint density at radius 1 is 1.36 bits per heavy atom. The first-order valence-corrected chi connectivity index (χ1v) is 9.84. The van der Waals surface area contributed by atoms with Crippen molar-refractivity contribution in [3.05, 3.63) is 16.0 Å². The van der Waals surface area contributed by atoms with Gasteiger partial charge in [-0.25, -0.2) is 14.8 Å². The molecule has 1 aromatic rings. The summed E-state index contributed by atoms with van der Waals surface area (Å²) in [7, 11) is 0. The molecule has 3 rings (SSSR count). The molecule has 0 radical (unpaired) electrons. The van der Waals surface area contributed by atoms with E-state index >= 15 is 0 Å². The summed E-state index contributed by atoms with van der Waals surface area (Å²) in [5.74, 6) is 0.861. The molecule has 2 aliphatic heterocycles. The number of nitrogens with zero attached hydrogens (tertiary/aromatic N) is 3. The molecule has 138 valence electrons. The van der Waals surface area contributed by atoms with Crippen LogP contribution in [0, 0.1) is 18.3 Å². The fourth-order valence-electron chi connectivity index (χ4n) is 4.01. The lowest BCUT2D eigenvalue weighted by Crippen LogP contribution is -2.44. The van der Waals surface area contributed by atoms with Gasteiger partial charge in [0.1, 0.15) is 4.60 Å². The molecule has 0 N–H and O–H groups in total. The van der Waals surface area contributed by atoms with Crippen LogP contribution in [0.15, 0.2) is 4.60 Å². The number of ether oxygens (including phenoxy) is 2. The second-order valence-electron chi connectivity index (χ2n) is 6.96. The molecule has 0 aromatic carbocycles. The number of esters is 1. The highest BCUT2D eigenvalue weighted by atomic mass is 79.9. The van der Waals surface area contributed by atoms with Gasteiger partial charge in [0.25, 0.3) is 0 Å². The van der Waals surface area contributed by atoms with Crippen LogP contribution in [-0.2, 0) is 9.47 Å². The molecule has 0 aliphatic carbocycles. The summed E-state index contributed by atoms with van der Waals surface area (Å²) in [4.78, 5) is 23.5. The first kappa shape index (κ1) is 18.6. The first-order valence-electron chi connectivity index (χ1n) is 9.04. The van der Waals surface area contributed by atoms with Crippen molar-refractivity contribution in [3.63, 3.8) is 0 Å². The maximum absolute atomic E-state index is 12.3. The molecule has 0 saturated carbocycles. The van der Waals surface area contributed by atoms with Crippen molar-refractivity contribution in [1.82, 2.24) is 9.97 Å². The van der Waals surface area contributed by atoms with Gasteiger partial charge in [-0.3, -0.25) is 0 Å². The number of halogens is 1. The minimum atomic E-state index is -0.415. The third-order valence-electron chi connectivity index (χ3n) is 5.59. The molecular formula is C18H26BrN3O3. The Kier molecular flexibility index (Phi) is 5.63. The molecule has 1 spiro atoms. The van der Waals surface area contributed by atoms with E-state index in [0.717, 1.165) is 51.3 Å². The summed E-state index contributed by atoms with van der Waals surface area (Å²) in [5.41, 5.74) is 1.36. The third-order valence-corrected chi connectivity index (χ3v) is 6.34. The summed E-state index contributed by atoms with van der Waals surface area (Å²) in [5, 5.41) is 0. The van der Waals surface area contributed by atoms with Gasteiger partial charge in [-0.2, -0.15) is 0 Å². The van der Waals surface area contributed by atoms with Crippen LogP contribution in [-0.4, -0.2) is 48.8 Å². The van der Waals surface area contributed by atoms with E-state index in [9.17, 15) is 4.79 Å². The normalized spacial score (nSPS) is 22.4. The molecule has 25 heavy (non-hydrogen) atoms. The topological polar surface area (TPSA) is 64.5 Å². The summed E-state index contributed by atoms with van der Waals surface area (Å²) in [6, 6.07) is 0. The summed E-state index contributed by atoms with van der Waals surface area (Å²) in [6.07, 6.45) is 3.28. The maximum atomic E-state index is 12.3. The van der Waals surface area contributed by atoms with Crippen LogP contribution in [0.25, 0.3) is 0 Å². The Bertz CT molecular complexity index is 645. The average Bonchev–Trinajstić information content (AvgIpc) is 3.00. The van der Waals surface area contributed by atoms with E-state index in [1.165, 1.54) is 0 Å². The van der Waals surface area contributed by atoms with E-state index in [0.29, 0.717) is 28.6 Å². The van der Waals surface area contributed by atoms with Crippen molar-refractivity contribution in [1.29, 1.82) is 0 Å². The van der Waals surface area contributed by atoms with Gasteiger partial charge in [-0.1, -0.05) is 13.3 Å². The van der Waals surface area contributed by atoms with Crippen molar-refractivity contribution in [2.75, 3.05) is 37.8 Å². The molecule has 2 saturated heterocycles. The van der Waals surface area contributed by atoms with E-state index in [-0.39, 0.29) is 5.41 Å². The van der Waals surface area contributed by atoms with Crippen LogP contribution >= 0.6 is 15.9 Å². The Hall–Kier alpha value is -1.21. The van der Waals surface area contributed by atoms with E-state index in [4.69, 9.17) is 9.47 Å².